The molecule has 4 atom stereocenters. The molecule has 0 radical (unpaired) electrons. The first-order chi connectivity index (χ1) is 12.2. The first-order valence-electron chi connectivity index (χ1n) is 9.71. The maximum absolute atomic E-state index is 11.2. The van der Waals surface area contributed by atoms with E-state index in [0.717, 1.165) is 55.2 Å². The summed E-state index contributed by atoms with van der Waals surface area (Å²) in [7, 11) is 0. The van der Waals surface area contributed by atoms with Crippen LogP contribution in [-0.4, -0.2) is 35.5 Å². The van der Waals surface area contributed by atoms with Gasteiger partial charge in [-0.2, -0.15) is 0 Å². The van der Waals surface area contributed by atoms with Gasteiger partial charge < -0.3 is 14.6 Å². The Morgan fingerprint density at radius 1 is 1.35 bits per heavy atom. The average molecular weight is 363 g/mol. The number of fused-ring (bicyclic) bond motifs is 1. The zero-order valence-electron chi connectivity index (χ0n) is 16.6. The number of epoxide rings is 1. The summed E-state index contributed by atoms with van der Waals surface area (Å²) in [5.41, 5.74) is 3.05. The summed E-state index contributed by atoms with van der Waals surface area (Å²) in [5.74, 6) is 0.0937. The summed E-state index contributed by atoms with van der Waals surface area (Å²) in [6.07, 6.45) is 7.87. The van der Waals surface area contributed by atoms with Gasteiger partial charge in [0.2, 0.25) is 0 Å². The highest BCUT2D eigenvalue weighted by molar-refractivity contribution is 5.66. The number of carbonyl (C=O) groups is 1. The van der Waals surface area contributed by atoms with Crippen LogP contribution >= 0.6 is 0 Å². The highest BCUT2D eigenvalue weighted by Gasteiger charge is 2.51. The van der Waals surface area contributed by atoms with E-state index in [4.69, 9.17) is 9.47 Å². The highest BCUT2D eigenvalue weighted by atomic mass is 16.6. The van der Waals surface area contributed by atoms with Crippen molar-refractivity contribution in [2.24, 2.45) is 5.92 Å². The topological polar surface area (TPSA) is 59.1 Å². The van der Waals surface area contributed by atoms with E-state index in [1.807, 2.05) is 0 Å². The second-order valence-electron chi connectivity index (χ2n) is 8.13. The number of esters is 1. The van der Waals surface area contributed by atoms with Gasteiger partial charge in [-0.05, 0) is 75.9 Å². The molecule has 0 spiro atoms. The van der Waals surface area contributed by atoms with Crippen LogP contribution in [0.2, 0.25) is 0 Å². The number of aliphatic hydroxyl groups is 1. The number of ether oxygens (including phenoxy) is 2. The molecule has 2 aliphatic rings. The Bertz CT molecular complexity index is 577. The Hall–Kier alpha value is -1.39. The summed E-state index contributed by atoms with van der Waals surface area (Å²) < 4.78 is 11.1. The van der Waals surface area contributed by atoms with Gasteiger partial charge in [0.25, 0.3) is 0 Å². The molecule has 146 valence electrons. The monoisotopic (exact) mass is 362 g/mol. The fourth-order valence-corrected chi connectivity index (χ4v) is 3.65. The SMILES string of the molecule is C=C(C)[C@@H]1C/C=C(/COC(C)=O)CC[C@H]2O[C@]2(C)CC[C@@H](O)C(=C)CC1. The van der Waals surface area contributed by atoms with E-state index in [1.165, 1.54) is 6.92 Å². The van der Waals surface area contributed by atoms with E-state index in [2.05, 4.69) is 33.1 Å². The molecule has 0 aromatic carbocycles. The summed E-state index contributed by atoms with van der Waals surface area (Å²) in [4.78, 5) is 11.2. The molecule has 0 aromatic heterocycles. The van der Waals surface area contributed by atoms with Crippen molar-refractivity contribution in [1.82, 2.24) is 0 Å². The molecule has 1 N–H and O–H groups in total. The predicted octanol–water partition coefficient (Wildman–Crippen LogP) is 4.49. The Morgan fingerprint density at radius 2 is 2.08 bits per heavy atom. The lowest BCUT2D eigenvalue weighted by atomic mass is 9.87. The Labute approximate surface area is 158 Å². The lowest BCUT2D eigenvalue weighted by Crippen LogP contribution is -2.18. The fraction of sp³-hybridized carbons (Fsp3) is 0.682. The van der Waals surface area contributed by atoms with Crippen molar-refractivity contribution in [3.8, 4) is 0 Å². The van der Waals surface area contributed by atoms with Gasteiger partial charge in [-0.1, -0.05) is 24.8 Å². The van der Waals surface area contributed by atoms with Crippen molar-refractivity contribution < 1.29 is 19.4 Å². The highest BCUT2D eigenvalue weighted by Crippen LogP contribution is 2.44. The van der Waals surface area contributed by atoms with Gasteiger partial charge >= 0.3 is 5.97 Å². The molecule has 0 amide bonds. The summed E-state index contributed by atoms with van der Waals surface area (Å²) in [6.45, 7) is 14.2. The number of hydrogen-bond acceptors (Lipinski definition) is 4. The molecule has 0 aromatic rings. The minimum absolute atomic E-state index is 0.141. The van der Waals surface area contributed by atoms with E-state index >= 15 is 0 Å². The maximum Gasteiger partial charge on any atom is 0.302 e. The number of rotatable bonds is 3. The van der Waals surface area contributed by atoms with Gasteiger partial charge in [0.05, 0.1) is 17.8 Å². The van der Waals surface area contributed by atoms with Crippen molar-refractivity contribution in [2.75, 3.05) is 6.61 Å². The molecule has 1 saturated heterocycles. The van der Waals surface area contributed by atoms with Gasteiger partial charge in [-0.15, -0.1) is 0 Å². The van der Waals surface area contributed by atoms with Crippen LogP contribution in [0.4, 0.5) is 0 Å². The molecule has 0 unspecified atom stereocenters. The zero-order valence-corrected chi connectivity index (χ0v) is 16.6. The molecule has 0 bridgehead atoms. The minimum atomic E-state index is -0.458. The van der Waals surface area contributed by atoms with Crippen LogP contribution in [0.3, 0.4) is 0 Å². The lowest BCUT2D eigenvalue weighted by Gasteiger charge is -2.20. The molecule has 0 saturated carbocycles. The molecule has 1 heterocycles. The fourth-order valence-electron chi connectivity index (χ4n) is 3.65. The van der Waals surface area contributed by atoms with Crippen LogP contribution in [0.1, 0.15) is 65.7 Å². The van der Waals surface area contributed by atoms with Gasteiger partial charge in [0.1, 0.15) is 6.61 Å². The number of allylic oxidation sites excluding steroid dienone is 2. The Balaban J connectivity index is 2.11. The first kappa shape index (κ1) is 20.9. The van der Waals surface area contributed by atoms with Gasteiger partial charge in [-0.25, -0.2) is 0 Å². The largest absolute Gasteiger partial charge is 0.461 e. The van der Waals surface area contributed by atoms with Crippen molar-refractivity contribution in [3.05, 3.63) is 36.0 Å². The molecule has 4 heteroatoms. The van der Waals surface area contributed by atoms with Crippen LogP contribution in [0, 0.1) is 5.92 Å². The van der Waals surface area contributed by atoms with Crippen molar-refractivity contribution >= 4 is 5.97 Å². The summed E-state index contributed by atoms with van der Waals surface area (Å²) >= 11 is 0. The molecule has 1 aliphatic carbocycles. The first-order valence-corrected chi connectivity index (χ1v) is 9.71. The summed E-state index contributed by atoms with van der Waals surface area (Å²) in [5, 5.41) is 10.4. The van der Waals surface area contributed by atoms with E-state index in [0.29, 0.717) is 18.9 Å². The van der Waals surface area contributed by atoms with Crippen LogP contribution in [0.15, 0.2) is 36.0 Å². The van der Waals surface area contributed by atoms with Gasteiger partial charge in [-0.3, -0.25) is 4.79 Å². The normalized spacial score (nSPS) is 35.5. The molecule has 1 aliphatic heterocycles. The minimum Gasteiger partial charge on any atom is -0.461 e. The van der Waals surface area contributed by atoms with Crippen LogP contribution in [-0.2, 0) is 14.3 Å². The van der Waals surface area contributed by atoms with Crippen LogP contribution in [0.25, 0.3) is 0 Å². The second kappa shape index (κ2) is 9.01. The second-order valence-corrected chi connectivity index (χ2v) is 8.13. The van der Waals surface area contributed by atoms with Crippen LogP contribution < -0.4 is 0 Å². The third kappa shape index (κ3) is 6.10. The lowest BCUT2D eigenvalue weighted by molar-refractivity contribution is -0.140. The number of carbonyl (C=O) groups excluding carboxylic acids is 1. The van der Waals surface area contributed by atoms with E-state index in [1.54, 1.807) is 0 Å². The smallest absolute Gasteiger partial charge is 0.302 e. The molecule has 1 fully saturated rings. The average Bonchev–Trinajstić information content (AvgIpc) is 3.23. The van der Waals surface area contributed by atoms with E-state index in [9.17, 15) is 9.90 Å². The quantitative estimate of drug-likeness (QED) is 0.457. The van der Waals surface area contributed by atoms with Crippen molar-refractivity contribution in [1.29, 1.82) is 0 Å². The molecular formula is C22H34O4. The van der Waals surface area contributed by atoms with Crippen LogP contribution in [0.5, 0.6) is 0 Å². The molecular weight excluding hydrogens is 328 g/mol. The standard InChI is InChI=1S/C22H34O4/c1-15(2)19-9-6-16(3)20(24)12-13-22(5)21(26-22)11-8-18(7-10-19)14-25-17(4)23/h7,19-21,24H,1,3,6,8-14H2,2,4-5H3/b18-7+/t19-,20+,21+,22+/m0/s1. The van der Waals surface area contributed by atoms with Gasteiger partial charge in [0, 0.05) is 6.92 Å². The third-order valence-corrected chi connectivity index (χ3v) is 5.81. The van der Waals surface area contributed by atoms with E-state index < -0.39 is 6.10 Å². The Morgan fingerprint density at radius 3 is 2.73 bits per heavy atom. The molecule has 26 heavy (non-hydrogen) atoms. The van der Waals surface area contributed by atoms with Crippen molar-refractivity contribution in [2.45, 2.75) is 83.5 Å². The Kier molecular flexibility index (Phi) is 7.24. The zero-order chi connectivity index (χ0) is 19.3. The van der Waals surface area contributed by atoms with E-state index in [-0.39, 0.29) is 17.7 Å². The predicted molar refractivity (Wildman–Crippen MR) is 104 cm³/mol. The summed E-state index contributed by atoms with van der Waals surface area (Å²) in [6, 6.07) is 0. The van der Waals surface area contributed by atoms with Gasteiger partial charge in [0.15, 0.2) is 0 Å². The van der Waals surface area contributed by atoms with Crippen molar-refractivity contribution in [3.63, 3.8) is 0 Å². The molecule has 4 nitrogen and oxygen atoms in total. The molecule has 2 rings (SSSR count). The number of aliphatic hydroxyl groups excluding tert-OH is 1. The third-order valence-electron chi connectivity index (χ3n) is 5.81. The maximum atomic E-state index is 11.2. The number of hydrogen-bond donors (Lipinski definition) is 1.